The largest absolute Gasteiger partial charge is 0.494 e. The number of carboxylic acid groups (broad SMARTS) is 1. The van der Waals surface area contributed by atoms with Crippen LogP contribution >= 0.6 is 0 Å². The third-order valence-electron chi connectivity index (χ3n) is 6.01. The molecule has 1 aromatic rings. The molecule has 146 valence electrons. The number of carbonyl (C=O) groups is 1. The average molecular weight is 361 g/mol. The maximum Gasteiger partial charge on any atom is 0.314 e. The van der Waals surface area contributed by atoms with Crippen LogP contribution in [-0.4, -0.2) is 17.7 Å². The molecule has 0 saturated heterocycles. The van der Waals surface area contributed by atoms with Crippen LogP contribution in [0.5, 0.6) is 5.75 Å². The van der Waals surface area contributed by atoms with E-state index >= 15 is 0 Å². The lowest BCUT2D eigenvalue weighted by Gasteiger charge is -2.37. The predicted octanol–water partition coefficient (Wildman–Crippen LogP) is 6.35. The molecule has 0 radical (unpaired) electrons. The Balaban J connectivity index is 1.96. The van der Waals surface area contributed by atoms with Crippen molar-refractivity contribution in [3.8, 4) is 5.75 Å². The highest BCUT2D eigenvalue weighted by Crippen LogP contribution is 2.43. The second-order valence-corrected chi connectivity index (χ2v) is 7.91. The highest BCUT2D eigenvalue weighted by molar-refractivity contribution is 5.81. The molecule has 26 heavy (non-hydrogen) atoms. The molecule has 0 amide bonds. The van der Waals surface area contributed by atoms with E-state index in [1.165, 1.54) is 38.5 Å². The molecule has 0 aromatic heterocycles. The molecule has 2 rings (SSSR count). The minimum absolute atomic E-state index is 0.666. The minimum atomic E-state index is -0.706. The van der Waals surface area contributed by atoms with Gasteiger partial charge in [0.2, 0.25) is 0 Å². The Labute approximate surface area is 159 Å². The molecule has 0 heterocycles. The molecule has 0 atom stereocenters. The molecule has 1 aromatic carbocycles. The summed E-state index contributed by atoms with van der Waals surface area (Å²) in [6, 6.07) is 7.83. The molecule has 1 aliphatic carbocycles. The normalized spacial score (nSPS) is 22.9. The van der Waals surface area contributed by atoms with Crippen molar-refractivity contribution in [1.29, 1.82) is 0 Å². The van der Waals surface area contributed by atoms with Crippen LogP contribution in [0.25, 0.3) is 0 Å². The fraction of sp³-hybridized carbons (Fsp3) is 0.696. The number of carboxylic acids is 1. The molecule has 0 unspecified atom stereocenters. The van der Waals surface area contributed by atoms with Gasteiger partial charge in [0, 0.05) is 0 Å². The first-order chi connectivity index (χ1) is 12.6. The van der Waals surface area contributed by atoms with Crippen LogP contribution in [-0.2, 0) is 10.2 Å². The van der Waals surface area contributed by atoms with Crippen LogP contribution in [0.15, 0.2) is 24.3 Å². The van der Waals surface area contributed by atoms with Gasteiger partial charge in [-0.15, -0.1) is 0 Å². The smallest absolute Gasteiger partial charge is 0.314 e. The monoisotopic (exact) mass is 360 g/mol. The summed E-state index contributed by atoms with van der Waals surface area (Å²) in [6.07, 6.45) is 12.1. The highest BCUT2D eigenvalue weighted by Gasteiger charge is 2.43. The van der Waals surface area contributed by atoms with Crippen LogP contribution in [0.2, 0.25) is 0 Å². The molecule has 1 saturated carbocycles. The van der Waals surface area contributed by atoms with Gasteiger partial charge in [0.05, 0.1) is 12.0 Å². The van der Waals surface area contributed by atoms with Gasteiger partial charge in [0.25, 0.3) is 0 Å². The fourth-order valence-corrected chi connectivity index (χ4v) is 4.18. The zero-order chi connectivity index (χ0) is 18.8. The number of unbranched alkanes of at least 4 members (excludes halogenated alkanes) is 4. The first kappa shape index (κ1) is 20.8. The number of aliphatic carboxylic acids is 1. The van der Waals surface area contributed by atoms with Gasteiger partial charge >= 0.3 is 5.97 Å². The zero-order valence-corrected chi connectivity index (χ0v) is 16.6. The van der Waals surface area contributed by atoms with Gasteiger partial charge in [-0.25, -0.2) is 0 Å². The molecule has 0 spiro atoms. The quantitative estimate of drug-likeness (QED) is 0.468. The Morgan fingerprint density at radius 1 is 1.04 bits per heavy atom. The van der Waals surface area contributed by atoms with E-state index in [0.29, 0.717) is 5.92 Å². The average Bonchev–Trinajstić information content (AvgIpc) is 2.66. The molecular weight excluding hydrogens is 324 g/mol. The van der Waals surface area contributed by atoms with Crippen LogP contribution in [0.4, 0.5) is 0 Å². The lowest BCUT2D eigenvalue weighted by atomic mass is 9.66. The SMILES string of the molecule is CCCCCOc1ccc(C2(C(=O)O)CCC(CCCCC)CC2)cc1. The Bertz CT molecular complexity index is 527. The van der Waals surface area contributed by atoms with E-state index in [-0.39, 0.29) is 0 Å². The molecular formula is C23H36O3. The fourth-order valence-electron chi connectivity index (χ4n) is 4.18. The number of benzene rings is 1. The van der Waals surface area contributed by atoms with Gasteiger partial charge in [-0.3, -0.25) is 4.79 Å². The van der Waals surface area contributed by atoms with Gasteiger partial charge in [0.15, 0.2) is 0 Å². The van der Waals surface area contributed by atoms with Crippen LogP contribution in [0, 0.1) is 5.92 Å². The van der Waals surface area contributed by atoms with Gasteiger partial charge in [0.1, 0.15) is 5.75 Å². The third kappa shape index (κ3) is 5.49. The maximum absolute atomic E-state index is 12.1. The van der Waals surface area contributed by atoms with Crippen molar-refractivity contribution >= 4 is 5.97 Å². The van der Waals surface area contributed by atoms with Crippen molar-refractivity contribution in [1.82, 2.24) is 0 Å². The van der Waals surface area contributed by atoms with Crippen molar-refractivity contribution in [3.05, 3.63) is 29.8 Å². The predicted molar refractivity (Wildman–Crippen MR) is 107 cm³/mol. The number of hydrogen-bond donors (Lipinski definition) is 1. The summed E-state index contributed by atoms with van der Waals surface area (Å²) < 4.78 is 5.77. The summed E-state index contributed by atoms with van der Waals surface area (Å²) in [6.45, 7) is 5.14. The Hall–Kier alpha value is -1.51. The summed E-state index contributed by atoms with van der Waals surface area (Å²) in [7, 11) is 0. The zero-order valence-electron chi connectivity index (χ0n) is 16.6. The van der Waals surface area contributed by atoms with Gasteiger partial charge in [-0.1, -0.05) is 64.5 Å². The van der Waals surface area contributed by atoms with Crippen molar-refractivity contribution in [2.45, 2.75) is 89.9 Å². The van der Waals surface area contributed by atoms with Gasteiger partial charge < -0.3 is 9.84 Å². The summed E-state index contributed by atoms with van der Waals surface area (Å²) in [4.78, 5) is 12.1. The number of rotatable bonds is 11. The second kappa shape index (κ2) is 10.6. The molecule has 1 aliphatic rings. The van der Waals surface area contributed by atoms with E-state index in [1.807, 2.05) is 24.3 Å². The van der Waals surface area contributed by atoms with Crippen molar-refractivity contribution in [2.75, 3.05) is 6.61 Å². The standard InChI is InChI=1S/C23H36O3/c1-3-5-7-9-19-14-16-23(17-15-19,22(24)25)20-10-12-21(13-11-20)26-18-8-6-4-2/h10-13,19H,3-9,14-18H2,1-2H3,(H,24,25). The van der Waals surface area contributed by atoms with Crippen LogP contribution in [0.3, 0.4) is 0 Å². The summed E-state index contributed by atoms with van der Waals surface area (Å²) >= 11 is 0. The third-order valence-corrected chi connectivity index (χ3v) is 6.01. The minimum Gasteiger partial charge on any atom is -0.494 e. The molecule has 1 fully saturated rings. The lowest BCUT2D eigenvalue weighted by Crippen LogP contribution is -2.39. The topological polar surface area (TPSA) is 46.5 Å². The molecule has 3 heteroatoms. The number of hydrogen-bond acceptors (Lipinski definition) is 2. The van der Waals surface area contributed by atoms with E-state index < -0.39 is 11.4 Å². The van der Waals surface area contributed by atoms with Gasteiger partial charge in [-0.2, -0.15) is 0 Å². The van der Waals surface area contributed by atoms with E-state index in [9.17, 15) is 9.90 Å². The molecule has 0 bridgehead atoms. The van der Waals surface area contributed by atoms with Crippen molar-refractivity contribution in [2.24, 2.45) is 5.92 Å². The molecule has 3 nitrogen and oxygen atoms in total. The maximum atomic E-state index is 12.1. The second-order valence-electron chi connectivity index (χ2n) is 7.91. The molecule has 0 aliphatic heterocycles. The van der Waals surface area contributed by atoms with Gasteiger partial charge in [-0.05, 0) is 55.7 Å². The lowest BCUT2D eigenvalue weighted by molar-refractivity contribution is -0.145. The van der Waals surface area contributed by atoms with E-state index in [1.54, 1.807) is 0 Å². The summed E-state index contributed by atoms with van der Waals surface area (Å²) in [5, 5.41) is 9.98. The Morgan fingerprint density at radius 2 is 1.65 bits per heavy atom. The van der Waals surface area contributed by atoms with Crippen molar-refractivity contribution < 1.29 is 14.6 Å². The molecule has 1 N–H and O–H groups in total. The Kier molecular flexibility index (Phi) is 8.47. The van der Waals surface area contributed by atoms with E-state index in [2.05, 4.69) is 13.8 Å². The summed E-state index contributed by atoms with van der Waals surface area (Å²) in [5.74, 6) is 0.884. The van der Waals surface area contributed by atoms with E-state index in [4.69, 9.17) is 4.74 Å². The highest BCUT2D eigenvalue weighted by atomic mass is 16.5. The summed E-state index contributed by atoms with van der Waals surface area (Å²) in [5.41, 5.74) is 0.236. The first-order valence-corrected chi connectivity index (χ1v) is 10.6. The van der Waals surface area contributed by atoms with Crippen LogP contribution < -0.4 is 4.74 Å². The van der Waals surface area contributed by atoms with Crippen LogP contribution in [0.1, 0.15) is 90.0 Å². The Morgan fingerprint density at radius 3 is 2.23 bits per heavy atom. The van der Waals surface area contributed by atoms with Crippen molar-refractivity contribution in [3.63, 3.8) is 0 Å². The first-order valence-electron chi connectivity index (χ1n) is 10.6. The van der Waals surface area contributed by atoms with E-state index in [0.717, 1.165) is 50.0 Å². The number of ether oxygens (including phenoxy) is 1.